The van der Waals surface area contributed by atoms with Gasteiger partial charge in [0.05, 0.1) is 0 Å². The van der Waals surface area contributed by atoms with E-state index in [1.165, 1.54) is 6.92 Å². The lowest BCUT2D eigenvalue weighted by molar-refractivity contribution is -0.274. The zero-order valence-corrected chi connectivity index (χ0v) is 9.16. The van der Waals surface area contributed by atoms with Crippen molar-refractivity contribution in [2.45, 2.75) is 13.3 Å². The molecule has 0 bridgehead atoms. The number of halogens is 5. The van der Waals surface area contributed by atoms with Crippen LogP contribution >= 0.6 is 27.5 Å². The van der Waals surface area contributed by atoms with Crippen LogP contribution in [0.5, 0.6) is 5.75 Å². The van der Waals surface area contributed by atoms with Crippen molar-refractivity contribution in [2.24, 2.45) is 0 Å². The van der Waals surface area contributed by atoms with E-state index in [0.29, 0.717) is 5.69 Å². The van der Waals surface area contributed by atoms with E-state index < -0.39 is 12.1 Å². The fourth-order valence-corrected chi connectivity index (χ4v) is 1.40. The van der Waals surface area contributed by atoms with Crippen molar-refractivity contribution in [3.05, 3.63) is 21.4 Å². The Hall–Kier alpha value is -0.490. The molecule has 0 amide bonds. The van der Waals surface area contributed by atoms with E-state index in [9.17, 15) is 13.2 Å². The lowest BCUT2D eigenvalue weighted by atomic mass is 10.3. The third-order valence-corrected chi connectivity index (χ3v) is 2.40. The minimum absolute atomic E-state index is 0.124. The second-order valence-corrected chi connectivity index (χ2v) is 3.54. The Kier molecular flexibility index (Phi) is 3.26. The summed E-state index contributed by atoms with van der Waals surface area (Å²) < 4.78 is 39.4. The molecule has 0 aromatic carbocycles. The van der Waals surface area contributed by atoms with Crippen LogP contribution in [0.1, 0.15) is 5.69 Å². The van der Waals surface area contributed by atoms with Gasteiger partial charge in [-0.2, -0.15) is 0 Å². The molecular weight excluding hydrogens is 286 g/mol. The maximum atomic E-state index is 11.9. The van der Waals surface area contributed by atoms with Gasteiger partial charge in [-0.1, -0.05) is 11.6 Å². The highest BCUT2D eigenvalue weighted by Gasteiger charge is 2.32. The molecule has 0 N–H and O–H groups in total. The molecule has 2 nitrogen and oxygen atoms in total. The van der Waals surface area contributed by atoms with Gasteiger partial charge in [0.25, 0.3) is 0 Å². The Morgan fingerprint density at radius 3 is 2.57 bits per heavy atom. The van der Waals surface area contributed by atoms with Gasteiger partial charge in [0.2, 0.25) is 0 Å². The monoisotopic (exact) mass is 289 g/mol. The Bertz CT molecular complexity index is 356. The van der Waals surface area contributed by atoms with Gasteiger partial charge in [-0.15, -0.1) is 13.2 Å². The van der Waals surface area contributed by atoms with Crippen molar-refractivity contribution >= 4 is 27.5 Å². The molecule has 0 saturated heterocycles. The first-order valence-electron chi connectivity index (χ1n) is 3.38. The van der Waals surface area contributed by atoms with E-state index >= 15 is 0 Å². The fourth-order valence-electron chi connectivity index (χ4n) is 0.790. The molecule has 14 heavy (non-hydrogen) atoms. The molecule has 7 heteroatoms. The Morgan fingerprint density at radius 2 is 2.07 bits per heavy atom. The Labute approximate surface area is 91.2 Å². The summed E-state index contributed by atoms with van der Waals surface area (Å²) in [6, 6.07) is 1.11. The minimum atomic E-state index is -4.75. The summed E-state index contributed by atoms with van der Waals surface area (Å²) in [6.07, 6.45) is -4.75. The molecule has 0 atom stereocenters. The molecule has 1 aromatic heterocycles. The van der Waals surface area contributed by atoms with Crippen LogP contribution < -0.4 is 4.74 Å². The molecule has 1 aromatic rings. The van der Waals surface area contributed by atoms with E-state index in [1.807, 2.05) is 0 Å². The van der Waals surface area contributed by atoms with Crippen LogP contribution in [-0.4, -0.2) is 11.3 Å². The summed E-state index contributed by atoms with van der Waals surface area (Å²) >= 11 is 8.45. The van der Waals surface area contributed by atoms with E-state index in [2.05, 4.69) is 25.7 Å². The van der Waals surface area contributed by atoms with Crippen LogP contribution in [0, 0.1) is 6.92 Å². The normalized spacial score (nSPS) is 11.6. The van der Waals surface area contributed by atoms with Gasteiger partial charge < -0.3 is 4.74 Å². The van der Waals surface area contributed by atoms with E-state index in [0.717, 1.165) is 6.07 Å². The lowest BCUT2D eigenvalue weighted by Gasteiger charge is -2.11. The van der Waals surface area contributed by atoms with Crippen LogP contribution in [0.3, 0.4) is 0 Å². The molecule has 0 aliphatic heterocycles. The number of hydrogen-bond donors (Lipinski definition) is 0. The largest absolute Gasteiger partial charge is 0.573 e. The number of aryl methyl sites for hydroxylation is 1. The van der Waals surface area contributed by atoms with Gasteiger partial charge in [0, 0.05) is 11.8 Å². The van der Waals surface area contributed by atoms with Crippen molar-refractivity contribution in [3.8, 4) is 5.75 Å². The fraction of sp³-hybridized carbons (Fsp3) is 0.286. The van der Waals surface area contributed by atoms with Crippen molar-refractivity contribution in [2.75, 3.05) is 0 Å². The van der Waals surface area contributed by atoms with Gasteiger partial charge in [-0.3, -0.25) is 0 Å². The number of rotatable bonds is 1. The smallest absolute Gasteiger partial charge is 0.404 e. The van der Waals surface area contributed by atoms with Gasteiger partial charge in [-0.05, 0) is 22.9 Å². The lowest BCUT2D eigenvalue weighted by Crippen LogP contribution is -2.17. The summed E-state index contributed by atoms with van der Waals surface area (Å²) in [5.74, 6) is -0.460. The number of nitrogens with zero attached hydrogens (tertiary/aromatic N) is 1. The third-order valence-electron chi connectivity index (χ3n) is 1.24. The molecule has 1 heterocycles. The van der Waals surface area contributed by atoms with Crippen molar-refractivity contribution in [1.82, 2.24) is 4.98 Å². The predicted octanol–water partition coefficient (Wildman–Crippen LogP) is 3.70. The first kappa shape index (κ1) is 11.6. The highest BCUT2D eigenvalue weighted by Crippen LogP contribution is 2.34. The average Bonchev–Trinajstić information content (AvgIpc) is 1.96. The summed E-state index contributed by atoms with van der Waals surface area (Å²) in [4.78, 5) is 3.80. The summed E-state index contributed by atoms with van der Waals surface area (Å²) in [5, 5.41) is -0.201. The quantitative estimate of drug-likeness (QED) is 0.736. The molecule has 0 unspecified atom stereocenters. The van der Waals surface area contributed by atoms with Crippen LogP contribution in [0.4, 0.5) is 13.2 Å². The molecule has 0 saturated carbocycles. The number of pyridine rings is 1. The van der Waals surface area contributed by atoms with Crippen LogP contribution in [0.25, 0.3) is 0 Å². The number of alkyl halides is 3. The SMILES string of the molecule is Cc1cc(OC(F)(F)F)c(Cl)c(Br)n1. The first-order chi connectivity index (χ1) is 6.29. The van der Waals surface area contributed by atoms with E-state index in [1.54, 1.807) is 0 Å². The molecule has 0 radical (unpaired) electrons. The van der Waals surface area contributed by atoms with E-state index in [4.69, 9.17) is 11.6 Å². The molecule has 78 valence electrons. The van der Waals surface area contributed by atoms with Crippen LogP contribution in [-0.2, 0) is 0 Å². The highest BCUT2D eigenvalue weighted by molar-refractivity contribution is 9.10. The van der Waals surface area contributed by atoms with Gasteiger partial charge in [0.15, 0.2) is 5.75 Å². The first-order valence-corrected chi connectivity index (χ1v) is 4.55. The summed E-state index contributed by atoms with van der Waals surface area (Å²) in [5.41, 5.74) is 0.375. The highest BCUT2D eigenvalue weighted by atomic mass is 79.9. The maximum absolute atomic E-state index is 11.9. The molecule has 0 aliphatic carbocycles. The Balaban J connectivity index is 3.09. The Morgan fingerprint density at radius 1 is 1.50 bits per heavy atom. The number of aromatic nitrogens is 1. The van der Waals surface area contributed by atoms with Crippen molar-refractivity contribution < 1.29 is 17.9 Å². The van der Waals surface area contributed by atoms with Crippen molar-refractivity contribution in [3.63, 3.8) is 0 Å². The standard InChI is InChI=1S/C7H4BrClF3NO/c1-3-2-4(14-7(10,11)12)5(9)6(8)13-3/h2H,1H3. The molecule has 0 fully saturated rings. The molecule has 0 aliphatic rings. The minimum Gasteiger partial charge on any atom is -0.404 e. The average molecular weight is 290 g/mol. The van der Waals surface area contributed by atoms with Gasteiger partial charge in [-0.25, -0.2) is 4.98 Å². The van der Waals surface area contributed by atoms with Gasteiger partial charge >= 0.3 is 6.36 Å². The second kappa shape index (κ2) is 3.94. The van der Waals surface area contributed by atoms with Crippen LogP contribution in [0.15, 0.2) is 10.7 Å². The topological polar surface area (TPSA) is 22.1 Å². The summed E-state index contributed by atoms with van der Waals surface area (Å²) in [6.45, 7) is 1.53. The third kappa shape index (κ3) is 3.02. The van der Waals surface area contributed by atoms with Crippen LogP contribution in [0.2, 0.25) is 5.02 Å². The summed E-state index contributed by atoms with van der Waals surface area (Å²) in [7, 11) is 0. The maximum Gasteiger partial charge on any atom is 0.573 e. The van der Waals surface area contributed by atoms with Crippen molar-refractivity contribution in [1.29, 1.82) is 0 Å². The number of ether oxygens (including phenoxy) is 1. The zero-order valence-electron chi connectivity index (χ0n) is 6.82. The zero-order chi connectivity index (χ0) is 10.9. The number of hydrogen-bond acceptors (Lipinski definition) is 2. The second-order valence-electron chi connectivity index (χ2n) is 2.41. The van der Waals surface area contributed by atoms with Gasteiger partial charge in [0.1, 0.15) is 9.63 Å². The predicted molar refractivity (Wildman–Crippen MR) is 48.4 cm³/mol. The molecule has 0 spiro atoms. The molecule has 1 rings (SSSR count). The molecular formula is C7H4BrClF3NO. The van der Waals surface area contributed by atoms with E-state index in [-0.39, 0.29) is 9.63 Å².